The molecule has 10 nitrogen and oxygen atoms in total. The number of ketones is 2. The highest BCUT2D eigenvalue weighted by molar-refractivity contribution is 6.24. The first-order valence-electron chi connectivity index (χ1n) is 12.4. The van der Waals surface area contributed by atoms with E-state index in [0.29, 0.717) is 17.5 Å². The van der Waals surface area contributed by atoms with Crippen molar-refractivity contribution in [3.8, 4) is 5.75 Å². The number of phenols is 1. The van der Waals surface area contributed by atoms with Gasteiger partial charge in [0.05, 0.1) is 11.6 Å². The van der Waals surface area contributed by atoms with E-state index in [1.54, 1.807) is 26.2 Å². The fourth-order valence-corrected chi connectivity index (χ4v) is 6.58. The number of benzene rings is 2. The van der Waals surface area contributed by atoms with Gasteiger partial charge in [-0.3, -0.25) is 19.3 Å². The maximum absolute atomic E-state index is 13.9. The van der Waals surface area contributed by atoms with Crippen molar-refractivity contribution < 1.29 is 34.8 Å². The summed E-state index contributed by atoms with van der Waals surface area (Å²) in [6.07, 6.45) is 0.318. The lowest BCUT2D eigenvalue weighted by molar-refractivity contribution is -0.153. The van der Waals surface area contributed by atoms with Gasteiger partial charge in [-0.05, 0) is 69.5 Å². The van der Waals surface area contributed by atoms with Crippen molar-refractivity contribution in [1.29, 1.82) is 0 Å². The summed E-state index contributed by atoms with van der Waals surface area (Å²) in [4.78, 5) is 42.7. The lowest BCUT2D eigenvalue weighted by Crippen LogP contribution is -2.65. The van der Waals surface area contributed by atoms with Gasteiger partial charge < -0.3 is 31.1 Å². The second-order valence-corrected chi connectivity index (χ2v) is 11.0. The van der Waals surface area contributed by atoms with Crippen molar-refractivity contribution >= 4 is 34.0 Å². The number of nitrogens with zero attached hydrogens (tertiary/aromatic N) is 2. The zero-order valence-corrected chi connectivity index (χ0v) is 21.6. The third-order valence-electron chi connectivity index (χ3n) is 8.14. The third kappa shape index (κ3) is 3.40. The molecule has 0 saturated heterocycles. The van der Waals surface area contributed by atoms with Gasteiger partial charge in [0, 0.05) is 23.4 Å². The fraction of sp³-hybridized carbons (Fsp3) is 0.393. The van der Waals surface area contributed by atoms with E-state index in [1.165, 1.54) is 4.90 Å². The van der Waals surface area contributed by atoms with E-state index in [2.05, 4.69) is 0 Å². The largest absolute Gasteiger partial charge is 0.508 e. The molecule has 5 rings (SSSR count). The van der Waals surface area contributed by atoms with Crippen LogP contribution in [0, 0.1) is 11.8 Å². The van der Waals surface area contributed by atoms with Gasteiger partial charge in [-0.2, -0.15) is 0 Å². The minimum Gasteiger partial charge on any atom is -0.508 e. The average molecular weight is 522 g/mol. The number of hydrogen-bond acceptors (Lipinski definition) is 9. The normalized spacial score (nSPS) is 27.2. The SMILES string of the molecule is CN(C)Cc1cccc2c(O)c3c(cc12)C[C@H]1C[C@H]2[C@H](N(C)C)C(=O)C(C(N)=O)=C(O)[C@@]2(O)C(=O)C1=C3O. The summed E-state index contributed by atoms with van der Waals surface area (Å²) in [5.41, 5.74) is 3.44. The van der Waals surface area contributed by atoms with Crippen molar-refractivity contribution in [2.24, 2.45) is 17.6 Å². The second kappa shape index (κ2) is 8.65. The molecule has 2 aromatic rings. The number of amides is 1. The van der Waals surface area contributed by atoms with Crippen molar-refractivity contribution in [2.45, 2.75) is 31.0 Å². The highest BCUT2D eigenvalue weighted by atomic mass is 16.3. The average Bonchev–Trinajstić information content (AvgIpc) is 2.81. The number of phenolic OH excluding ortho intramolecular Hbond substituents is 1. The van der Waals surface area contributed by atoms with Gasteiger partial charge >= 0.3 is 0 Å². The Bertz CT molecular complexity index is 1490. The number of Topliss-reactive ketones (excluding diaryl/α,β-unsaturated/α-hetero) is 2. The number of aromatic hydroxyl groups is 1. The summed E-state index contributed by atoms with van der Waals surface area (Å²) in [5.74, 6) is -6.51. The van der Waals surface area contributed by atoms with Crippen molar-refractivity contribution in [2.75, 3.05) is 28.2 Å². The van der Waals surface area contributed by atoms with Crippen LogP contribution in [-0.2, 0) is 27.3 Å². The Hall–Kier alpha value is -3.73. The third-order valence-corrected chi connectivity index (χ3v) is 8.14. The molecule has 0 heterocycles. The Labute approximate surface area is 219 Å². The Balaban J connectivity index is 1.74. The molecule has 0 unspecified atom stereocenters. The Kier molecular flexibility index (Phi) is 5.90. The van der Waals surface area contributed by atoms with E-state index in [9.17, 15) is 34.8 Å². The summed E-state index contributed by atoms with van der Waals surface area (Å²) in [6, 6.07) is 6.28. The molecule has 38 heavy (non-hydrogen) atoms. The van der Waals surface area contributed by atoms with Crippen LogP contribution in [0.3, 0.4) is 0 Å². The van der Waals surface area contributed by atoms with E-state index < -0.39 is 58.0 Å². The molecule has 1 saturated carbocycles. The molecular formula is C28H31N3O7. The molecule has 10 heteroatoms. The number of fused-ring (bicyclic) bond motifs is 4. The number of likely N-dealkylation sites (N-methyl/N-ethyl adjacent to an activating group) is 1. The van der Waals surface area contributed by atoms with Crippen molar-refractivity contribution in [3.05, 3.63) is 57.9 Å². The lowest BCUT2D eigenvalue weighted by atomic mass is 9.57. The van der Waals surface area contributed by atoms with Crippen LogP contribution in [-0.4, -0.2) is 87.5 Å². The summed E-state index contributed by atoms with van der Waals surface area (Å²) >= 11 is 0. The zero-order chi connectivity index (χ0) is 27.8. The summed E-state index contributed by atoms with van der Waals surface area (Å²) < 4.78 is 0. The van der Waals surface area contributed by atoms with E-state index >= 15 is 0 Å². The van der Waals surface area contributed by atoms with Crippen LogP contribution >= 0.6 is 0 Å². The Morgan fingerprint density at radius 2 is 1.79 bits per heavy atom. The lowest BCUT2D eigenvalue weighted by Gasteiger charge is -2.50. The maximum atomic E-state index is 13.9. The Morgan fingerprint density at radius 1 is 1.11 bits per heavy atom. The van der Waals surface area contributed by atoms with Gasteiger partial charge in [-0.15, -0.1) is 0 Å². The first kappa shape index (κ1) is 25.9. The highest BCUT2D eigenvalue weighted by Crippen LogP contribution is 2.53. The first-order chi connectivity index (χ1) is 17.8. The van der Waals surface area contributed by atoms with Gasteiger partial charge in [-0.25, -0.2) is 0 Å². The number of rotatable bonds is 4. The number of carbonyl (C=O) groups excluding carboxylic acids is 3. The number of primary amides is 1. The topological polar surface area (TPSA) is 165 Å². The molecule has 6 N–H and O–H groups in total. The predicted octanol–water partition coefficient (Wildman–Crippen LogP) is 1.18. The number of hydrogen-bond donors (Lipinski definition) is 5. The predicted molar refractivity (Wildman–Crippen MR) is 139 cm³/mol. The molecule has 200 valence electrons. The van der Waals surface area contributed by atoms with Crippen molar-refractivity contribution in [3.63, 3.8) is 0 Å². The van der Waals surface area contributed by atoms with Crippen LogP contribution in [0.4, 0.5) is 0 Å². The molecule has 2 aromatic carbocycles. The summed E-state index contributed by atoms with van der Waals surface area (Å²) in [6.45, 7) is 0.625. The quantitative estimate of drug-likeness (QED) is 0.372. The molecule has 0 radical (unpaired) electrons. The Morgan fingerprint density at radius 3 is 2.39 bits per heavy atom. The van der Waals surface area contributed by atoms with Gasteiger partial charge in [0.15, 0.2) is 11.4 Å². The molecule has 1 fully saturated rings. The van der Waals surface area contributed by atoms with Gasteiger partial charge in [-0.1, -0.05) is 18.2 Å². The summed E-state index contributed by atoms with van der Waals surface area (Å²) in [7, 11) is 7.02. The van der Waals surface area contributed by atoms with Crippen LogP contribution < -0.4 is 5.73 Å². The minimum absolute atomic E-state index is 0.0594. The molecule has 3 aliphatic rings. The van der Waals surface area contributed by atoms with Crippen LogP contribution in [0.15, 0.2) is 41.2 Å². The molecule has 0 aliphatic heterocycles. The van der Waals surface area contributed by atoms with Crippen LogP contribution in [0.25, 0.3) is 16.5 Å². The summed E-state index contributed by atoms with van der Waals surface area (Å²) in [5, 5.41) is 46.6. The van der Waals surface area contributed by atoms with Crippen LogP contribution in [0.1, 0.15) is 23.1 Å². The van der Waals surface area contributed by atoms with Gasteiger partial charge in [0.2, 0.25) is 5.78 Å². The van der Waals surface area contributed by atoms with Crippen LogP contribution in [0.5, 0.6) is 5.75 Å². The van der Waals surface area contributed by atoms with E-state index in [0.717, 1.165) is 10.9 Å². The fourth-order valence-electron chi connectivity index (χ4n) is 6.58. The minimum atomic E-state index is -2.64. The highest BCUT2D eigenvalue weighted by Gasteiger charge is 2.64. The smallest absolute Gasteiger partial charge is 0.255 e. The van der Waals surface area contributed by atoms with Crippen LogP contribution in [0.2, 0.25) is 0 Å². The number of aliphatic hydroxyl groups is 3. The van der Waals surface area contributed by atoms with E-state index in [1.807, 2.05) is 31.1 Å². The molecular weight excluding hydrogens is 490 g/mol. The molecule has 0 bridgehead atoms. The molecule has 0 aromatic heterocycles. The molecule has 4 atom stereocenters. The number of nitrogens with two attached hydrogens (primary N) is 1. The number of carbonyl (C=O) groups is 3. The van der Waals surface area contributed by atoms with Crippen molar-refractivity contribution in [1.82, 2.24) is 9.80 Å². The standard InChI is InChI=1S/C28H31N3O7/c1-30(2)11-12-6-5-7-15-16(12)9-13-8-14-10-17-21(31(3)4)24(34)20(27(29)37)26(36)28(17,38)25(35)19(14)23(33)18(13)22(15)32/h5-7,9,14,17,21,32-33,36,38H,8,10-11H2,1-4H3,(H2,29,37)/t14-,17-,21-,28-/m0/s1. The zero-order valence-electron chi connectivity index (χ0n) is 21.6. The molecule has 0 spiro atoms. The van der Waals surface area contributed by atoms with Gasteiger partial charge in [0.1, 0.15) is 22.8 Å². The van der Waals surface area contributed by atoms with E-state index in [4.69, 9.17) is 5.73 Å². The first-order valence-corrected chi connectivity index (χ1v) is 12.4. The van der Waals surface area contributed by atoms with Gasteiger partial charge in [0.25, 0.3) is 5.91 Å². The number of aliphatic hydroxyl groups excluding tert-OH is 2. The van der Waals surface area contributed by atoms with E-state index in [-0.39, 0.29) is 29.7 Å². The second-order valence-electron chi connectivity index (χ2n) is 11.0. The maximum Gasteiger partial charge on any atom is 0.255 e. The molecule has 1 amide bonds. The monoisotopic (exact) mass is 521 g/mol. The molecule has 3 aliphatic carbocycles.